The fourth-order valence-electron chi connectivity index (χ4n) is 5.14. The number of carbonyl (C=O) groups is 2. The summed E-state index contributed by atoms with van der Waals surface area (Å²) < 4.78 is 7.01. The van der Waals surface area contributed by atoms with Crippen molar-refractivity contribution >= 4 is 19.9 Å². The number of carbonyl (C=O) groups excluding carboxylic acids is 2. The largest absolute Gasteiger partial charge is 0.413 e. The van der Waals surface area contributed by atoms with Crippen LogP contribution in [0.15, 0.2) is 0 Å². The molecule has 0 aromatic heterocycles. The fraction of sp³-hybridized carbons (Fsp3) is 0.900. The Morgan fingerprint density at radius 3 is 2.33 bits per heavy atom. The third-order valence-corrected chi connectivity index (χ3v) is 12.0. The van der Waals surface area contributed by atoms with E-state index in [0.29, 0.717) is 18.8 Å². The Bertz CT molecular complexity index is 533. The maximum atomic E-state index is 12.8. The minimum absolute atomic E-state index is 0.115. The van der Waals surface area contributed by atoms with Gasteiger partial charge in [-0.2, -0.15) is 0 Å². The number of fused-ring (bicyclic) bond motifs is 1. The first-order chi connectivity index (χ1) is 11.1. The van der Waals surface area contributed by atoms with Gasteiger partial charge in [0, 0.05) is 18.3 Å². The van der Waals surface area contributed by atoms with Gasteiger partial charge in [0.05, 0.1) is 12.0 Å². The predicted octanol–water partition coefficient (Wildman–Crippen LogP) is 4.90. The van der Waals surface area contributed by atoms with E-state index in [-0.39, 0.29) is 34.0 Å². The molecule has 0 amide bonds. The second-order valence-corrected chi connectivity index (χ2v) is 14.7. The Labute approximate surface area is 148 Å². The first-order valence-electron chi connectivity index (χ1n) is 9.82. The van der Waals surface area contributed by atoms with Crippen LogP contribution in [0.3, 0.4) is 0 Å². The van der Waals surface area contributed by atoms with Crippen molar-refractivity contribution in [2.45, 2.75) is 96.4 Å². The van der Waals surface area contributed by atoms with Gasteiger partial charge in [-0.25, -0.2) is 0 Å². The molecule has 0 aliphatic heterocycles. The average Bonchev–Trinajstić information content (AvgIpc) is 2.65. The maximum absolute atomic E-state index is 12.8. The lowest BCUT2D eigenvalue weighted by Gasteiger charge is -2.48. The minimum atomic E-state index is -1.93. The summed E-state index contributed by atoms with van der Waals surface area (Å²) in [6, 6.07) is 0. The Morgan fingerprint density at radius 2 is 1.67 bits per heavy atom. The number of ketones is 2. The van der Waals surface area contributed by atoms with E-state index in [1.165, 1.54) is 6.42 Å². The third-order valence-electron chi connectivity index (χ3n) is 7.51. The highest BCUT2D eigenvalue weighted by Gasteiger charge is 2.60. The predicted molar refractivity (Wildman–Crippen MR) is 98.4 cm³/mol. The molecule has 0 aromatic carbocycles. The molecular formula is C20H34O3Si. The standard InChI is InChI=1S/C20H34O3Si/c1-19(2,3)24(4,5)23-18-14-8-6-7-12-20(18)13-11-16(22)17(20)15(21)10-9-14/h14,17-18H,6-13H2,1-5H3/t14-,17-,18-,20-/m0/s1. The molecule has 136 valence electrons. The molecule has 0 unspecified atom stereocenters. The summed E-state index contributed by atoms with van der Waals surface area (Å²) in [5.41, 5.74) is -0.193. The zero-order chi connectivity index (χ0) is 17.8. The zero-order valence-corrected chi connectivity index (χ0v) is 17.1. The van der Waals surface area contributed by atoms with E-state index in [0.717, 1.165) is 32.1 Å². The third kappa shape index (κ3) is 2.84. The van der Waals surface area contributed by atoms with Crippen molar-refractivity contribution in [3.63, 3.8) is 0 Å². The zero-order valence-electron chi connectivity index (χ0n) is 16.1. The summed E-state index contributed by atoms with van der Waals surface area (Å²) in [7, 11) is -1.93. The lowest BCUT2D eigenvalue weighted by molar-refractivity contribution is -0.136. The molecule has 3 fully saturated rings. The van der Waals surface area contributed by atoms with E-state index < -0.39 is 8.32 Å². The molecule has 0 radical (unpaired) electrons. The number of hydrogen-bond acceptors (Lipinski definition) is 3. The van der Waals surface area contributed by atoms with Gasteiger partial charge in [0.1, 0.15) is 11.6 Å². The Kier molecular flexibility index (Phi) is 4.61. The van der Waals surface area contributed by atoms with Gasteiger partial charge in [-0.1, -0.05) is 33.6 Å². The second kappa shape index (κ2) is 6.05. The van der Waals surface area contributed by atoms with E-state index in [9.17, 15) is 9.59 Å². The number of Topliss-reactive ketones (excluding diaryl/α,β-unsaturated/α-hetero) is 2. The summed E-state index contributed by atoms with van der Waals surface area (Å²) in [6.07, 6.45) is 7.61. The molecule has 0 saturated heterocycles. The van der Waals surface area contributed by atoms with Crippen LogP contribution in [-0.2, 0) is 14.0 Å². The Hall–Kier alpha value is -0.483. The van der Waals surface area contributed by atoms with Crippen LogP contribution in [-0.4, -0.2) is 26.0 Å². The van der Waals surface area contributed by atoms with Gasteiger partial charge in [0.15, 0.2) is 8.32 Å². The minimum Gasteiger partial charge on any atom is -0.413 e. The van der Waals surface area contributed by atoms with E-state index >= 15 is 0 Å². The van der Waals surface area contributed by atoms with Gasteiger partial charge in [0.2, 0.25) is 0 Å². The van der Waals surface area contributed by atoms with Crippen LogP contribution in [0.5, 0.6) is 0 Å². The van der Waals surface area contributed by atoms with Crippen molar-refractivity contribution in [1.82, 2.24) is 0 Å². The van der Waals surface area contributed by atoms with Crippen molar-refractivity contribution in [2.75, 3.05) is 0 Å². The van der Waals surface area contributed by atoms with Crippen molar-refractivity contribution in [3.05, 3.63) is 0 Å². The molecule has 2 bridgehead atoms. The molecule has 1 spiro atoms. The highest BCUT2D eigenvalue weighted by Crippen LogP contribution is 2.57. The first-order valence-corrected chi connectivity index (χ1v) is 12.7. The molecule has 4 heteroatoms. The average molecular weight is 351 g/mol. The van der Waals surface area contributed by atoms with Crippen molar-refractivity contribution < 1.29 is 14.0 Å². The van der Waals surface area contributed by atoms with Gasteiger partial charge in [-0.3, -0.25) is 9.59 Å². The van der Waals surface area contributed by atoms with Crippen LogP contribution in [0.1, 0.15) is 72.1 Å². The molecule has 24 heavy (non-hydrogen) atoms. The van der Waals surface area contributed by atoms with Crippen LogP contribution in [0.2, 0.25) is 18.1 Å². The molecule has 4 atom stereocenters. The van der Waals surface area contributed by atoms with Crippen LogP contribution >= 0.6 is 0 Å². The quantitative estimate of drug-likeness (QED) is 0.526. The summed E-state index contributed by atoms with van der Waals surface area (Å²) in [5.74, 6) is 0.508. The summed E-state index contributed by atoms with van der Waals surface area (Å²) >= 11 is 0. The molecule has 3 rings (SSSR count). The highest BCUT2D eigenvalue weighted by atomic mass is 28.4. The van der Waals surface area contributed by atoms with Gasteiger partial charge >= 0.3 is 0 Å². The highest BCUT2D eigenvalue weighted by molar-refractivity contribution is 6.74. The van der Waals surface area contributed by atoms with Gasteiger partial charge in [-0.05, 0) is 49.7 Å². The smallest absolute Gasteiger partial charge is 0.192 e. The SMILES string of the molecule is CC(C)(C)[Si](C)(C)O[C@H]1[C@H]2CCCC[C@@]13CCC(=O)[C@@H]3C(=O)CC2. The van der Waals surface area contributed by atoms with E-state index in [1.54, 1.807) is 0 Å². The van der Waals surface area contributed by atoms with Crippen LogP contribution < -0.4 is 0 Å². The lowest BCUT2D eigenvalue weighted by atomic mass is 9.68. The topological polar surface area (TPSA) is 43.4 Å². The van der Waals surface area contributed by atoms with Crippen molar-refractivity contribution in [1.29, 1.82) is 0 Å². The molecule has 0 heterocycles. The second-order valence-electron chi connectivity index (χ2n) is 9.94. The molecule has 0 aromatic rings. The van der Waals surface area contributed by atoms with Gasteiger partial charge in [0.25, 0.3) is 0 Å². The molecule has 3 nitrogen and oxygen atoms in total. The van der Waals surface area contributed by atoms with Crippen LogP contribution in [0.25, 0.3) is 0 Å². The molecule has 3 aliphatic rings. The number of hydrogen-bond donors (Lipinski definition) is 0. The molecule has 3 saturated carbocycles. The monoisotopic (exact) mass is 350 g/mol. The van der Waals surface area contributed by atoms with Crippen molar-refractivity contribution in [3.8, 4) is 0 Å². The summed E-state index contributed by atoms with van der Waals surface area (Å²) in [4.78, 5) is 25.4. The summed E-state index contributed by atoms with van der Waals surface area (Å²) in [5, 5.41) is 0.154. The maximum Gasteiger partial charge on any atom is 0.192 e. The Balaban J connectivity index is 2.04. The fourth-order valence-corrected chi connectivity index (χ4v) is 6.56. The van der Waals surface area contributed by atoms with Crippen LogP contribution in [0.4, 0.5) is 0 Å². The summed E-state index contributed by atoms with van der Waals surface area (Å²) in [6.45, 7) is 11.5. The lowest BCUT2D eigenvalue weighted by Crippen LogP contribution is -2.53. The van der Waals surface area contributed by atoms with Gasteiger partial charge in [-0.15, -0.1) is 0 Å². The molecular weight excluding hydrogens is 316 g/mol. The van der Waals surface area contributed by atoms with Crippen LogP contribution in [0, 0.1) is 17.3 Å². The van der Waals surface area contributed by atoms with E-state index in [4.69, 9.17) is 4.43 Å². The number of rotatable bonds is 2. The van der Waals surface area contributed by atoms with E-state index in [2.05, 4.69) is 33.9 Å². The Morgan fingerprint density at radius 1 is 1.00 bits per heavy atom. The normalized spacial score (nSPS) is 37.8. The molecule has 0 N–H and O–H groups in total. The van der Waals surface area contributed by atoms with Gasteiger partial charge < -0.3 is 4.43 Å². The molecule has 3 aliphatic carbocycles. The first kappa shape index (κ1) is 18.3. The van der Waals surface area contributed by atoms with Crippen molar-refractivity contribution in [2.24, 2.45) is 17.3 Å². The van der Waals surface area contributed by atoms with E-state index in [1.807, 2.05) is 0 Å².